The van der Waals surface area contributed by atoms with Gasteiger partial charge in [-0.05, 0) is 76.9 Å². The van der Waals surface area contributed by atoms with Gasteiger partial charge in [0.05, 0.1) is 12.2 Å². The molecule has 7 nitrogen and oxygen atoms in total. The van der Waals surface area contributed by atoms with Gasteiger partial charge in [-0.2, -0.15) is 0 Å². The van der Waals surface area contributed by atoms with Gasteiger partial charge in [-0.25, -0.2) is 9.37 Å². The Kier molecular flexibility index (Phi) is 9.83. The molecule has 4 heterocycles. The first kappa shape index (κ1) is 29.7. The number of halogens is 1. The molecule has 0 unspecified atom stereocenters. The van der Waals surface area contributed by atoms with Crippen LogP contribution < -0.4 is 5.56 Å². The van der Waals surface area contributed by atoms with Gasteiger partial charge in [0.15, 0.2) is 5.58 Å². The maximum atomic E-state index is 13.4. The van der Waals surface area contributed by atoms with Gasteiger partial charge >= 0.3 is 0 Å². The van der Waals surface area contributed by atoms with Gasteiger partial charge in [0.1, 0.15) is 11.6 Å². The maximum absolute atomic E-state index is 13.4. The van der Waals surface area contributed by atoms with Crippen LogP contribution in [-0.4, -0.2) is 57.7 Å². The van der Waals surface area contributed by atoms with E-state index in [1.165, 1.54) is 17.7 Å². The first-order chi connectivity index (χ1) is 20.4. The lowest BCUT2D eigenvalue weighted by molar-refractivity contribution is 0.211. The van der Waals surface area contributed by atoms with E-state index in [0.717, 1.165) is 99.4 Å². The number of rotatable bonds is 7. The fraction of sp³-hybridized carbons (Fsp3) is 0.441. The molecule has 2 aromatic heterocycles. The Morgan fingerprint density at radius 3 is 2.67 bits per heavy atom. The summed E-state index contributed by atoms with van der Waals surface area (Å²) in [5, 5.41) is 5.15. The molecule has 42 heavy (non-hydrogen) atoms. The highest BCUT2D eigenvalue weighted by Crippen LogP contribution is 2.32. The highest BCUT2D eigenvalue weighted by molar-refractivity contribution is 5.79. The average Bonchev–Trinajstić information content (AvgIpc) is 3.41. The normalized spacial score (nSPS) is 15.7. The van der Waals surface area contributed by atoms with Gasteiger partial charge in [-0.3, -0.25) is 14.3 Å². The minimum Gasteiger partial charge on any atom is -0.356 e. The van der Waals surface area contributed by atoms with Crippen LogP contribution in [0.2, 0.25) is 0 Å². The van der Waals surface area contributed by atoms with Gasteiger partial charge in [0, 0.05) is 54.7 Å². The third-order valence-corrected chi connectivity index (χ3v) is 8.35. The molecule has 2 aliphatic rings. The zero-order valence-electron chi connectivity index (χ0n) is 24.7. The molecule has 4 aromatic rings. The van der Waals surface area contributed by atoms with Crippen molar-refractivity contribution in [2.75, 3.05) is 33.2 Å². The van der Waals surface area contributed by atoms with Crippen molar-refractivity contribution in [3.8, 4) is 12.3 Å². The quantitative estimate of drug-likeness (QED) is 0.280. The van der Waals surface area contributed by atoms with Crippen molar-refractivity contribution in [2.24, 2.45) is 0 Å². The van der Waals surface area contributed by atoms with Crippen molar-refractivity contribution in [2.45, 2.75) is 64.5 Å². The number of terminal acetylenes is 1. The first-order valence-corrected chi connectivity index (χ1v) is 14.9. The summed E-state index contributed by atoms with van der Waals surface area (Å²) in [5.74, 6) is 3.59. The summed E-state index contributed by atoms with van der Waals surface area (Å²) in [7, 11) is 2.02. The van der Waals surface area contributed by atoms with Gasteiger partial charge in [0.25, 0.3) is 5.56 Å². The topological polar surface area (TPSA) is 67.4 Å². The number of fused-ring (bicyclic) bond motifs is 2. The number of piperidine rings is 1. The number of nitrogens with zero attached hydrogens (tertiary/aromatic N) is 5. The molecule has 2 aromatic carbocycles. The second kappa shape index (κ2) is 13.9. The van der Waals surface area contributed by atoms with E-state index in [-0.39, 0.29) is 11.4 Å². The Bertz CT molecular complexity index is 1580. The molecule has 0 radical (unpaired) electrons. The van der Waals surface area contributed by atoms with Crippen molar-refractivity contribution >= 4 is 11.0 Å². The molecule has 0 spiro atoms. The highest BCUT2D eigenvalue weighted by Gasteiger charge is 2.26. The van der Waals surface area contributed by atoms with Crippen LogP contribution >= 0.6 is 0 Å². The second-order valence-electron chi connectivity index (χ2n) is 11.4. The lowest BCUT2D eigenvalue weighted by Gasteiger charge is -2.31. The van der Waals surface area contributed by atoms with Gasteiger partial charge in [0.2, 0.25) is 0 Å². The Morgan fingerprint density at radius 1 is 1.12 bits per heavy atom. The molecular formula is C34H40FN5O2. The first-order valence-electron chi connectivity index (χ1n) is 14.9. The van der Waals surface area contributed by atoms with Crippen molar-refractivity contribution in [3.05, 3.63) is 93.0 Å². The van der Waals surface area contributed by atoms with Crippen molar-refractivity contribution in [1.29, 1.82) is 0 Å². The van der Waals surface area contributed by atoms with Crippen LogP contribution in [0.5, 0.6) is 0 Å². The summed E-state index contributed by atoms with van der Waals surface area (Å²) in [6.45, 7) is 7.18. The summed E-state index contributed by atoms with van der Waals surface area (Å²) in [4.78, 5) is 22.2. The van der Waals surface area contributed by atoms with E-state index in [2.05, 4.69) is 33.0 Å². The molecule has 0 saturated carbocycles. The van der Waals surface area contributed by atoms with Crippen LogP contribution in [0, 0.1) is 25.1 Å². The standard InChI is InChI=1S/C23H27FN4O2.C11H13N/c1-15-18(23(29)28-10-3-2-4-21(28)25-15)9-13-27-11-7-16(8-12-27)22-19-6-5-17(24)14-20(19)30-26-22;1-3-9-12(2)10-11-7-5-4-6-8-11/h5-6,14,16H,2-4,7-13H2,1H3;1,4-8H,9-10H2,2H3. The van der Waals surface area contributed by atoms with E-state index >= 15 is 0 Å². The zero-order valence-corrected chi connectivity index (χ0v) is 24.7. The average molecular weight is 570 g/mol. The molecule has 0 N–H and O–H groups in total. The second-order valence-corrected chi connectivity index (χ2v) is 11.4. The fourth-order valence-electron chi connectivity index (χ4n) is 6.05. The Morgan fingerprint density at radius 2 is 1.90 bits per heavy atom. The summed E-state index contributed by atoms with van der Waals surface area (Å²) in [6, 6.07) is 14.9. The Balaban J connectivity index is 0.000000248. The zero-order chi connectivity index (χ0) is 29.5. The predicted molar refractivity (Wildman–Crippen MR) is 164 cm³/mol. The third-order valence-electron chi connectivity index (χ3n) is 8.35. The number of aromatic nitrogens is 3. The molecular weight excluding hydrogens is 529 g/mol. The Labute approximate surface area is 247 Å². The molecule has 220 valence electrons. The molecule has 0 aliphatic carbocycles. The van der Waals surface area contributed by atoms with E-state index in [4.69, 9.17) is 15.9 Å². The fourth-order valence-corrected chi connectivity index (χ4v) is 6.05. The van der Waals surface area contributed by atoms with Crippen LogP contribution in [0.4, 0.5) is 4.39 Å². The minimum absolute atomic E-state index is 0.161. The smallest absolute Gasteiger partial charge is 0.256 e. The number of benzene rings is 2. The molecule has 2 aliphatic heterocycles. The molecule has 0 atom stereocenters. The summed E-state index contributed by atoms with van der Waals surface area (Å²) < 4.78 is 20.6. The number of aryl methyl sites for hydroxylation is 2. The van der Waals surface area contributed by atoms with E-state index < -0.39 is 0 Å². The number of hydrogen-bond acceptors (Lipinski definition) is 6. The highest BCUT2D eigenvalue weighted by atomic mass is 19.1. The predicted octanol–water partition coefficient (Wildman–Crippen LogP) is 5.34. The molecule has 6 rings (SSSR count). The summed E-state index contributed by atoms with van der Waals surface area (Å²) in [5.41, 5.74) is 4.68. The van der Waals surface area contributed by atoms with E-state index in [1.54, 1.807) is 6.07 Å². The van der Waals surface area contributed by atoms with E-state index in [0.29, 0.717) is 18.0 Å². The van der Waals surface area contributed by atoms with Crippen LogP contribution in [0.1, 0.15) is 59.9 Å². The summed E-state index contributed by atoms with van der Waals surface area (Å²) >= 11 is 0. The number of hydrogen-bond donors (Lipinski definition) is 0. The largest absolute Gasteiger partial charge is 0.356 e. The summed E-state index contributed by atoms with van der Waals surface area (Å²) in [6.07, 6.45) is 11.0. The molecule has 8 heteroatoms. The van der Waals surface area contributed by atoms with E-state index in [1.807, 2.05) is 36.7 Å². The lowest BCUT2D eigenvalue weighted by atomic mass is 9.91. The van der Waals surface area contributed by atoms with Crippen molar-refractivity contribution in [1.82, 2.24) is 24.5 Å². The monoisotopic (exact) mass is 569 g/mol. The Hall–Kier alpha value is -3.80. The SMILES string of the molecule is C#CCN(C)Cc1ccccc1.Cc1nc2n(c(=O)c1CCN1CCC(c3noc4cc(F)ccc34)CC1)CCCC2. The molecule has 1 fully saturated rings. The van der Waals surface area contributed by atoms with Crippen LogP contribution in [0.15, 0.2) is 57.8 Å². The van der Waals surface area contributed by atoms with Crippen molar-refractivity contribution in [3.63, 3.8) is 0 Å². The third kappa shape index (κ3) is 7.15. The molecule has 1 saturated heterocycles. The van der Waals surface area contributed by atoms with Gasteiger partial charge in [-0.1, -0.05) is 41.4 Å². The molecule has 0 amide bonds. The van der Waals surface area contributed by atoms with Gasteiger partial charge < -0.3 is 9.42 Å². The lowest BCUT2D eigenvalue weighted by Crippen LogP contribution is -2.37. The molecule has 0 bridgehead atoms. The van der Waals surface area contributed by atoms with E-state index in [9.17, 15) is 9.18 Å². The van der Waals surface area contributed by atoms with Gasteiger partial charge in [-0.15, -0.1) is 6.42 Å². The van der Waals surface area contributed by atoms with Crippen LogP contribution in [-0.2, 0) is 25.9 Å². The van der Waals surface area contributed by atoms with Crippen LogP contribution in [0.3, 0.4) is 0 Å². The number of likely N-dealkylation sites (tertiary alicyclic amines) is 1. The maximum Gasteiger partial charge on any atom is 0.256 e. The van der Waals surface area contributed by atoms with Crippen LogP contribution in [0.25, 0.3) is 11.0 Å². The minimum atomic E-state index is -0.303. The van der Waals surface area contributed by atoms with Crippen molar-refractivity contribution < 1.29 is 8.91 Å².